The minimum Gasteiger partial charge on any atom is -0.254 e. The second kappa shape index (κ2) is 5.92. The van der Waals surface area contributed by atoms with Crippen LogP contribution in [0.3, 0.4) is 0 Å². The molecular formula is C13H16FNOS. The molecule has 1 rings (SSSR count). The summed E-state index contributed by atoms with van der Waals surface area (Å²) in [5.74, 6) is 0.188. The molecule has 4 heteroatoms. The van der Waals surface area contributed by atoms with Gasteiger partial charge in [0.2, 0.25) is 0 Å². The zero-order chi connectivity index (χ0) is 12.9. The predicted octanol–water partition coefficient (Wildman–Crippen LogP) is 3.26. The first-order valence-electron chi connectivity index (χ1n) is 5.50. The van der Waals surface area contributed by atoms with Gasteiger partial charge in [-0.15, -0.1) is 0 Å². The molecule has 1 atom stereocenters. The largest absolute Gasteiger partial charge is 0.254 e. The number of hydrogen-bond acceptors (Lipinski definition) is 2. The maximum atomic E-state index is 12.7. The van der Waals surface area contributed by atoms with Gasteiger partial charge in [0.15, 0.2) is 0 Å². The molecule has 1 unspecified atom stereocenters. The molecule has 0 amide bonds. The van der Waals surface area contributed by atoms with Crippen LogP contribution in [0, 0.1) is 22.6 Å². The Labute approximate surface area is 104 Å². The quantitative estimate of drug-likeness (QED) is 0.808. The molecule has 2 nitrogen and oxygen atoms in total. The normalized spacial score (nSPS) is 13.1. The lowest BCUT2D eigenvalue weighted by atomic mass is 9.90. The highest BCUT2D eigenvalue weighted by Crippen LogP contribution is 2.21. The molecule has 0 fully saturated rings. The van der Waals surface area contributed by atoms with Gasteiger partial charge in [0.25, 0.3) is 0 Å². The first-order chi connectivity index (χ1) is 7.94. The monoisotopic (exact) mass is 253 g/mol. The molecule has 0 aliphatic rings. The second-order valence-electron chi connectivity index (χ2n) is 4.60. The Bertz CT molecular complexity index is 434. The Morgan fingerprint density at radius 1 is 1.35 bits per heavy atom. The Morgan fingerprint density at radius 2 is 1.94 bits per heavy atom. The molecule has 0 spiro atoms. The van der Waals surface area contributed by atoms with Gasteiger partial charge in [-0.1, -0.05) is 0 Å². The number of rotatable bonds is 5. The standard InChI is InChI=1S/C13H16FNOS/c1-13(2,10-15)8-3-9-17(16)12-6-4-11(14)5-7-12/h4-7H,3,8-9H2,1-2H3. The molecule has 0 saturated heterocycles. The first kappa shape index (κ1) is 13.9. The van der Waals surface area contributed by atoms with E-state index in [2.05, 4.69) is 6.07 Å². The summed E-state index contributed by atoms with van der Waals surface area (Å²) in [6, 6.07) is 7.92. The molecule has 0 N–H and O–H groups in total. The predicted molar refractivity (Wildman–Crippen MR) is 66.3 cm³/mol. The topological polar surface area (TPSA) is 40.9 Å². The summed E-state index contributed by atoms with van der Waals surface area (Å²) in [4.78, 5) is 0.640. The van der Waals surface area contributed by atoms with Gasteiger partial charge in [0.05, 0.1) is 22.3 Å². The third-order valence-corrected chi connectivity index (χ3v) is 3.97. The first-order valence-corrected chi connectivity index (χ1v) is 6.82. The minimum absolute atomic E-state index is 0.323. The molecule has 1 aromatic rings. The van der Waals surface area contributed by atoms with Crippen LogP contribution in [0.2, 0.25) is 0 Å². The summed E-state index contributed by atoms with van der Waals surface area (Å²) in [5.41, 5.74) is -0.368. The van der Waals surface area contributed by atoms with E-state index in [9.17, 15) is 8.60 Å². The maximum Gasteiger partial charge on any atom is 0.123 e. The lowest BCUT2D eigenvalue weighted by Crippen LogP contribution is -2.09. The van der Waals surface area contributed by atoms with Crippen LogP contribution in [-0.4, -0.2) is 9.96 Å². The number of benzene rings is 1. The Kier molecular flexibility index (Phi) is 4.83. The highest BCUT2D eigenvalue weighted by molar-refractivity contribution is 7.85. The van der Waals surface area contributed by atoms with Crippen molar-refractivity contribution >= 4 is 10.8 Å². The smallest absolute Gasteiger partial charge is 0.123 e. The third-order valence-electron chi connectivity index (χ3n) is 2.51. The summed E-state index contributed by atoms with van der Waals surface area (Å²) in [6.07, 6.45) is 1.45. The molecule has 0 aliphatic carbocycles. The Hall–Kier alpha value is -1.21. The molecule has 0 bridgehead atoms. The van der Waals surface area contributed by atoms with Crippen LogP contribution in [0.5, 0.6) is 0 Å². The van der Waals surface area contributed by atoms with E-state index in [0.717, 1.165) is 12.8 Å². The maximum absolute atomic E-state index is 12.7. The SMILES string of the molecule is CC(C)(C#N)CCCS(=O)c1ccc(F)cc1. The molecule has 0 radical (unpaired) electrons. The number of nitrogens with zero attached hydrogens (tertiary/aromatic N) is 1. The number of hydrogen-bond donors (Lipinski definition) is 0. The molecule has 0 aliphatic heterocycles. The van der Waals surface area contributed by atoms with Crippen molar-refractivity contribution in [3.8, 4) is 6.07 Å². The highest BCUT2D eigenvalue weighted by Gasteiger charge is 2.16. The number of halogens is 1. The van der Waals surface area contributed by atoms with Gasteiger partial charge in [0.1, 0.15) is 5.82 Å². The van der Waals surface area contributed by atoms with Crippen molar-refractivity contribution in [3.63, 3.8) is 0 Å². The summed E-state index contributed by atoms with van der Waals surface area (Å²) in [5, 5.41) is 8.84. The van der Waals surface area contributed by atoms with Crippen molar-refractivity contribution in [1.29, 1.82) is 5.26 Å². The van der Waals surface area contributed by atoms with E-state index in [1.54, 1.807) is 12.1 Å². The van der Waals surface area contributed by atoms with Crippen molar-refractivity contribution in [2.45, 2.75) is 31.6 Å². The molecule has 92 valence electrons. The Morgan fingerprint density at radius 3 is 2.47 bits per heavy atom. The van der Waals surface area contributed by atoms with Crippen molar-refractivity contribution < 1.29 is 8.60 Å². The van der Waals surface area contributed by atoms with E-state index in [1.807, 2.05) is 13.8 Å². The van der Waals surface area contributed by atoms with Gasteiger partial charge in [-0.2, -0.15) is 5.26 Å². The van der Waals surface area contributed by atoms with Gasteiger partial charge >= 0.3 is 0 Å². The fourth-order valence-corrected chi connectivity index (χ4v) is 2.49. The summed E-state index contributed by atoms with van der Waals surface area (Å²) >= 11 is 0. The van der Waals surface area contributed by atoms with E-state index in [1.165, 1.54) is 12.1 Å². The van der Waals surface area contributed by atoms with Gasteiger partial charge in [-0.05, 0) is 51.0 Å². The molecule has 17 heavy (non-hydrogen) atoms. The molecule has 0 aromatic heterocycles. The average Bonchev–Trinajstić information content (AvgIpc) is 2.29. The van der Waals surface area contributed by atoms with E-state index in [4.69, 9.17) is 5.26 Å². The van der Waals surface area contributed by atoms with Crippen LogP contribution in [0.15, 0.2) is 29.2 Å². The van der Waals surface area contributed by atoms with Crippen molar-refractivity contribution in [3.05, 3.63) is 30.1 Å². The Balaban J connectivity index is 2.46. The van der Waals surface area contributed by atoms with Crippen LogP contribution < -0.4 is 0 Å². The summed E-state index contributed by atoms with van der Waals surface area (Å²) < 4.78 is 24.5. The average molecular weight is 253 g/mol. The lowest BCUT2D eigenvalue weighted by Gasteiger charge is -2.13. The van der Waals surface area contributed by atoms with Crippen LogP contribution in [0.4, 0.5) is 4.39 Å². The van der Waals surface area contributed by atoms with Crippen LogP contribution >= 0.6 is 0 Å². The van der Waals surface area contributed by atoms with Gasteiger partial charge in [-0.3, -0.25) is 4.21 Å². The van der Waals surface area contributed by atoms with Crippen LogP contribution in [0.25, 0.3) is 0 Å². The van der Waals surface area contributed by atoms with E-state index in [0.29, 0.717) is 10.6 Å². The van der Waals surface area contributed by atoms with Crippen molar-refractivity contribution in [2.75, 3.05) is 5.75 Å². The molecular weight excluding hydrogens is 237 g/mol. The van der Waals surface area contributed by atoms with Crippen LogP contribution in [0.1, 0.15) is 26.7 Å². The zero-order valence-corrected chi connectivity index (χ0v) is 10.9. The van der Waals surface area contributed by atoms with E-state index >= 15 is 0 Å². The fraction of sp³-hybridized carbons (Fsp3) is 0.462. The number of nitriles is 1. The second-order valence-corrected chi connectivity index (χ2v) is 6.17. The minimum atomic E-state index is -1.10. The summed E-state index contributed by atoms with van der Waals surface area (Å²) in [7, 11) is -1.10. The van der Waals surface area contributed by atoms with Crippen molar-refractivity contribution in [1.82, 2.24) is 0 Å². The van der Waals surface area contributed by atoms with Gasteiger partial charge in [0, 0.05) is 10.6 Å². The van der Waals surface area contributed by atoms with Crippen LogP contribution in [-0.2, 0) is 10.8 Å². The molecule has 0 heterocycles. The van der Waals surface area contributed by atoms with E-state index in [-0.39, 0.29) is 11.2 Å². The highest BCUT2D eigenvalue weighted by atomic mass is 32.2. The fourth-order valence-electron chi connectivity index (χ4n) is 1.41. The summed E-state index contributed by atoms with van der Waals surface area (Å²) in [6.45, 7) is 3.74. The third kappa shape index (κ3) is 4.66. The lowest BCUT2D eigenvalue weighted by molar-refractivity contribution is 0.447. The van der Waals surface area contributed by atoms with Gasteiger partial charge in [-0.25, -0.2) is 4.39 Å². The molecule has 1 aromatic carbocycles. The molecule has 0 saturated carbocycles. The van der Waals surface area contributed by atoms with E-state index < -0.39 is 10.8 Å². The zero-order valence-electron chi connectivity index (χ0n) is 10.1. The van der Waals surface area contributed by atoms with Crippen molar-refractivity contribution in [2.24, 2.45) is 5.41 Å². The van der Waals surface area contributed by atoms with Gasteiger partial charge < -0.3 is 0 Å².